The zero-order valence-electron chi connectivity index (χ0n) is 10.0. The molecule has 0 aliphatic carbocycles. The molecule has 0 aliphatic rings. The second-order valence-electron chi connectivity index (χ2n) is 3.72. The molecule has 0 bridgehead atoms. The maximum absolute atomic E-state index is 5.42. The van der Waals surface area contributed by atoms with E-state index in [0.717, 1.165) is 17.2 Å². The zero-order valence-corrected chi connectivity index (χ0v) is 10.0. The van der Waals surface area contributed by atoms with Gasteiger partial charge in [0.15, 0.2) is 0 Å². The lowest BCUT2D eigenvalue weighted by Crippen LogP contribution is -2.14. The van der Waals surface area contributed by atoms with Gasteiger partial charge in [0, 0.05) is 38.1 Å². The van der Waals surface area contributed by atoms with Crippen LogP contribution in [-0.4, -0.2) is 28.0 Å². The van der Waals surface area contributed by atoms with Crippen LogP contribution in [0.15, 0.2) is 36.9 Å². The molecule has 6 nitrogen and oxygen atoms in total. The van der Waals surface area contributed by atoms with Crippen molar-refractivity contribution < 1.29 is 0 Å². The normalized spacial score (nSPS) is 10.1. The molecule has 18 heavy (non-hydrogen) atoms. The second-order valence-corrected chi connectivity index (χ2v) is 3.72. The van der Waals surface area contributed by atoms with Crippen molar-refractivity contribution in [2.75, 3.05) is 23.7 Å². The van der Waals surface area contributed by atoms with Crippen LogP contribution >= 0.6 is 0 Å². The molecular formula is C12H16N6. The highest BCUT2D eigenvalue weighted by atomic mass is 15.1. The van der Waals surface area contributed by atoms with Gasteiger partial charge in [-0.05, 0) is 11.6 Å². The van der Waals surface area contributed by atoms with E-state index in [0.29, 0.717) is 19.6 Å². The summed E-state index contributed by atoms with van der Waals surface area (Å²) in [5, 5.41) is 6.32. The zero-order chi connectivity index (χ0) is 12.6. The summed E-state index contributed by atoms with van der Waals surface area (Å²) in [6.07, 6.45) is 5.09. The molecule has 4 N–H and O–H groups in total. The first kappa shape index (κ1) is 12.3. The lowest BCUT2D eigenvalue weighted by Gasteiger charge is -2.07. The topological polar surface area (TPSA) is 88.8 Å². The van der Waals surface area contributed by atoms with Crippen molar-refractivity contribution in [2.24, 2.45) is 5.73 Å². The number of hydrogen-bond donors (Lipinski definition) is 3. The predicted molar refractivity (Wildman–Crippen MR) is 71.1 cm³/mol. The van der Waals surface area contributed by atoms with Crippen molar-refractivity contribution >= 4 is 11.6 Å². The van der Waals surface area contributed by atoms with Gasteiger partial charge in [-0.25, -0.2) is 9.97 Å². The summed E-state index contributed by atoms with van der Waals surface area (Å²) in [7, 11) is 0. The molecule has 0 fully saturated rings. The summed E-state index contributed by atoms with van der Waals surface area (Å²) >= 11 is 0. The standard InChI is InChI=1S/C12H16N6/c13-3-5-15-11-6-12(18-9-17-11)16-8-10-2-1-4-14-7-10/h1-2,4,6-7,9H,3,5,8,13H2,(H2,15,16,17,18). The van der Waals surface area contributed by atoms with E-state index in [9.17, 15) is 0 Å². The highest BCUT2D eigenvalue weighted by molar-refractivity contribution is 5.46. The molecule has 2 aromatic heterocycles. The predicted octanol–water partition coefficient (Wildman–Crippen LogP) is 0.854. The van der Waals surface area contributed by atoms with Gasteiger partial charge in [-0.2, -0.15) is 0 Å². The van der Waals surface area contributed by atoms with E-state index in [1.54, 1.807) is 6.20 Å². The second kappa shape index (κ2) is 6.51. The van der Waals surface area contributed by atoms with Gasteiger partial charge in [0.2, 0.25) is 0 Å². The van der Waals surface area contributed by atoms with E-state index in [-0.39, 0.29) is 0 Å². The van der Waals surface area contributed by atoms with E-state index in [4.69, 9.17) is 5.73 Å². The van der Waals surface area contributed by atoms with Crippen molar-refractivity contribution in [2.45, 2.75) is 6.54 Å². The molecule has 0 spiro atoms. The third kappa shape index (κ3) is 3.67. The summed E-state index contributed by atoms with van der Waals surface area (Å²) in [5.74, 6) is 1.54. The van der Waals surface area contributed by atoms with Crippen molar-refractivity contribution in [1.82, 2.24) is 15.0 Å². The lowest BCUT2D eigenvalue weighted by atomic mass is 10.3. The first-order valence-corrected chi connectivity index (χ1v) is 5.77. The van der Waals surface area contributed by atoms with Crippen LogP contribution in [0.1, 0.15) is 5.56 Å². The number of nitrogens with one attached hydrogen (secondary N) is 2. The smallest absolute Gasteiger partial charge is 0.131 e. The first-order valence-electron chi connectivity index (χ1n) is 5.77. The molecule has 0 unspecified atom stereocenters. The highest BCUT2D eigenvalue weighted by Gasteiger charge is 1.98. The van der Waals surface area contributed by atoms with Crippen molar-refractivity contribution in [3.8, 4) is 0 Å². The van der Waals surface area contributed by atoms with Crippen LogP contribution in [0, 0.1) is 0 Å². The molecule has 0 radical (unpaired) electrons. The first-order chi connectivity index (χ1) is 8.88. The fourth-order valence-corrected chi connectivity index (χ4v) is 1.45. The minimum Gasteiger partial charge on any atom is -0.369 e. The van der Waals surface area contributed by atoms with Crippen LogP contribution < -0.4 is 16.4 Å². The van der Waals surface area contributed by atoms with Crippen LogP contribution in [0.5, 0.6) is 0 Å². The van der Waals surface area contributed by atoms with Gasteiger partial charge in [0.05, 0.1) is 0 Å². The number of aromatic nitrogens is 3. The Hall–Kier alpha value is -2.21. The van der Waals surface area contributed by atoms with Gasteiger partial charge < -0.3 is 16.4 Å². The fraction of sp³-hybridized carbons (Fsp3) is 0.250. The third-order valence-electron chi connectivity index (χ3n) is 2.31. The van der Waals surface area contributed by atoms with E-state index in [1.807, 2.05) is 24.4 Å². The van der Waals surface area contributed by atoms with Gasteiger partial charge in [-0.3, -0.25) is 4.98 Å². The van der Waals surface area contributed by atoms with Crippen molar-refractivity contribution in [3.05, 3.63) is 42.5 Å². The average molecular weight is 244 g/mol. The molecule has 0 aliphatic heterocycles. The molecule has 94 valence electrons. The number of pyridine rings is 1. The van der Waals surface area contributed by atoms with Gasteiger partial charge >= 0.3 is 0 Å². The highest BCUT2D eigenvalue weighted by Crippen LogP contribution is 2.09. The number of rotatable bonds is 6. The van der Waals surface area contributed by atoms with E-state index in [2.05, 4.69) is 25.6 Å². The van der Waals surface area contributed by atoms with Crippen LogP contribution in [0.2, 0.25) is 0 Å². The fourth-order valence-electron chi connectivity index (χ4n) is 1.45. The number of hydrogen-bond acceptors (Lipinski definition) is 6. The Morgan fingerprint density at radius 1 is 1.17 bits per heavy atom. The molecule has 0 aromatic carbocycles. The Labute approximate surface area is 106 Å². The number of nitrogens with zero attached hydrogens (tertiary/aromatic N) is 3. The molecule has 2 aromatic rings. The summed E-state index contributed by atoms with van der Waals surface area (Å²) in [6.45, 7) is 1.95. The Balaban J connectivity index is 1.93. The summed E-state index contributed by atoms with van der Waals surface area (Å²) in [5.41, 5.74) is 6.52. The van der Waals surface area contributed by atoms with Crippen molar-refractivity contribution in [1.29, 1.82) is 0 Å². The summed E-state index contributed by atoms with van der Waals surface area (Å²) in [6, 6.07) is 5.77. The maximum Gasteiger partial charge on any atom is 0.131 e. The monoisotopic (exact) mass is 244 g/mol. The van der Waals surface area contributed by atoms with Crippen LogP contribution in [0.3, 0.4) is 0 Å². The van der Waals surface area contributed by atoms with Crippen molar-refractivity contribution in [3.63, 3.8) is 0 Å². The van der Waals surface area contributed by atoms with E-state index >= 15 is 0 Å². The molecule has 0 saturated carbocycles. The van der Waals surface area contributed by atoms with Gasteiger partial charge in [-0.1, -0.05) is 6.07 Å². The number of anilines is 2. The third-order valence-corrected chi connectivity index (χ3v) is 2.31. The van der Waals surface area contributed by atoms with Crippen LogP contribution in [-0.2, 0) is 6.54 Å². The Bertz CT molecular complexity index is 473. The van der Waals surface area contributed by atoms with Gasteiger partial charge in [0.25, 0.3) is 0 Å². The van der Waals surface area contributed by atoms with E-state index in [1.165, 1.54) is 6.33 Å². The lowest BCUT2D eigenvalue weighted by molar-refractivity contribution is 1.000. The Kier molecular flexibility index (Phi) is 4.43. The molecule has 6 heteroatoms. The van der Waals surface area contributed by atoms with Crippen LogP contribution in [0.4, 0.5) is 11.6 Å². The summed E-state index contributed by atoms with van der Waals surface area (Å²) in [4.78, 5) is 12.3. The summed E-state index contributed by atoms with van der Waals surface area (Å²) < 4.78 is 0. The quantitative estimate of drug-likeness (QED) is 0.698. The molecule has 0 atom stereocenters. The minimum atomic E-state index is 0.572. The molecular weight excluding hydrogens is 228 g/mol. The molecule has 2 heterocycles. The maximum atomic E-state index is 5.42. The van der Waals surface area contributed by atoms with Gasteiger partial charge in [0.1, 0.15) is 18.0 Å². The Morgan fingerprint density at radius 2 is 2.00 bits per heavy atom. The molecule has 0 amide bonds. The minimum absolute atomic E-state index is 0.572. The molecule has 0 saturated heterocycles. The van der Waals surface area contributed by atoms with E-state index < -0.39 is 0 Å². The van der Waals surface area contributed by atoms with Gasteiger partial charge in [-0.15, -0.1) is 0 Å². The molecule has 2 rings (SSSR count). The van der Waals surface area contributed by atoms with Crippen LogP contribution in [0.25, 0.3) is 0 Å². The largest absolute Gasteiger partial charge is 0.369 e. The SMILES string of the molecule is NCCNc1cc(NCc2cccnc2)ncn1. The Morgan fingerprint density at radius 3 is 2.72 bits per heavy atom. The average Bonchev–Trinajstić information content (AvgIpc) is 2.44. The number of nitrogens with two attached hydrogens (primary N) is 1.